The fourth-order valence-electron chi connectivity index (χ4n) is 2.06. The summed E-state index contributed by atoms with van der Waals surface area (Å²) in [4.78, 5) is 4.31. The fraction of sp³-hybridized carbons (Fsp3) is 0.118. The van der Waals surface area contributed by atoms with Gasteiger partial charge in [-0.2, -0.15) is 4.98 Å². The van der Waals surface area contributed by atoms with Crippen LogP contribution in [-0.4, -0.2) is 15.3 Å². The molecule has 0 aliphatic rings. The van der Waals surface area contributed by atoms with Crippen molar-refractivity contribution in [1.29, 1.82) is 0 Å². The van der Waals surface area contributed by atoms with E-state index in [1.54, 1.807) is 12.1 Å². The van der Waals surface area contributed by atoms with E-state index in [1.165, 1.54) is 6.07 Å². The highest BCUT2D eigenvalue weighted by atomic mass is 79.9. The Labute approximate surface area is 157 Å². The van der Waals surface area contributed by atoms with Gasteiger partial charge in [-0.25, -0.2) is 4.39 Å². The molecule has 0 atom stereocenters. The van der Waals surface area contributed by atoms with Crippen LogP contribution in [0.15, 0.2) is 51.5 Å². The molecule has 0 aliphatic heterocycles. The van der Waals surface area contributed by atoms with Gasteiger partial charge in [0.1, 0.15) is 5.82 Å². The van der Waals surface area contributed by atoms with Crippen LogP contribution in [0.1, 0.15) is 11.5 Å². The third-order valence-corrected chi connectivity index (χ3v) is 4.10. The number of anilines is 1. The zero-order valence-corrected chi connectivity index (χ0v) is 15.6. The average molecular weight is 421 g/mol. The molecule has 0 saturated carbocycles. The van der Waals surface area contributed by atoms with Crippen LogP contribution < -0.4 is 10.6 Å². The van der Waals surface area contributed by atoms with Gasteiger partial charge in [0, 0.05) is 10.0 Å². The minimum atomic E-state index is -0.405. The van der Waals surface area contributed by atoms with Gasteiger partial charge in [-0.1, -0.05) is 50.9 Å². The first-order chi connectivity index (χ1) is 12.0. The van der Waals surface area contributed by atoms with Gasteiger partial charge in [-0.3, -0.25) is 0 Å². The Kier molecular flexibility index (Phi) is 5.40. The zero-order valence-electron chi connectivity index (χ0n) is 13.2. The molecule has 3 aromatic rings. The smallest absolute Gasteiger partial charge is 0.246 e. The van der Waals surface area contributed by atoms with Gasteiger partial charge < -0.3 is 15.2 Å². The van der Waals surface area contributed by atoms with Crippen molar-refractivity contribution in [2.45, 2.75) is 13.5 Å². The van der Waals surface area contributed by atoms with Crippen molar-refractivity contribution in [3.8, 4) is 11.4 Å². The molecule has 0 unspecified atom stereocenters. The predicted molar refractivity (Wildman–Crippen MR) is 102 cm³/mol. The highest BCUT2D eigenvalue weighted by molar-refractivity contribution is 9.10. The van der Waals surface area contributed by atoms with E-state index in [1.807, 2.05) is 31.2 Å². The van der Waals surface area contributed by atoms with Crippen LogP contribution in [0.5, 0.6) is 0 Å². The summed E-state index contributed by atoms with van der Waals surface area (Å²) < 4.78 is 19.6. The summed E-state index contributed by atoms with van der Waals surface area (Å²) >= 11 is 8.36. The van der Waals surface area contributed by atoms with E-state index in [2.05, 4.69) is 36.7 Å². The molecule has 0 radical (unpaired) electrons. The van der Waals surface area contributed by atoms with Crippen LogP contribution in [0.3, 0.4) is 0 Å². The number of nitrogens with one attached hydrogen (secondary N) is 2. The molecule has 0 aliphatic carbocycles. The summed E-state index contributed by atoms with van der Waals surface area (Å²) in [6, 6.07) is 12.5. The van der Waals surface area contributed by atoms with Crippen molar-refractivity contribution in [2.75, 3.05) is 5.32 Å². The number of aromatic nitrogens is 2. The van der Waals surface area contributed by atoms with Crippen molar-refractivity contribution < 1.29 is 8.91 Å². The van der Waals surface area contributed by atoms with E-state index in [9.17, 15) is 4.39 Å². The van der Waals surface area contributed by atoms with E-state index in [0.29, 0.717) is 16.2 Å². The highest BCUT2D eigenvalue weighted by Gasteiger charge is 2.10. The SMILES string of the molecule is Cc1ccc(-c2noc(CNC(=S)Nc3ccc(Br)cc3F)n2)cc1. The molecule has 25 heavy (non-hydrogen) atoms. The van der Waals surface area contributed by atoms with Gasteiger partial charge >= 0.3 is 0 Å². The quantitative estimate of drug-likeness (QED) is 0.608. The monoisotopic (exact) mass is 420 g/mol. The largest absolute Gasteiger partial charge is 0.353 e. The van der Waals surface area contributed by atoms with Crippen LogP contribution in [0.25, 0.3) is 11.4 Å². The summed E-state index contributed by atoms with van der Waals surface area (Å²) in [5.74, 6) is 0.489. The first kappa shape index (κ1) is 17.5. The Hall–Kier alpha value is -2.32. The Bertz CT molecular complexity index is 898. The van der Waals surface area contributed by atoms with Gasteiger partial charge in [0.05, 0.1) is 12.2 Å². The molecule has 0 spiro atoms. The maximum Gasteiger partial charge on any atom is 0.246 e. The maximum absolute atomic E-state index is 13.8. The number of thiocarbonyl (C=S) groups is 1. The predicted octanol–water partition coefficient (Wildman–Crippen LogP) is 4.43. The molecule has 0 bridgehead atoms. The van der Waals surface area contributed by atoms with Crippen LogP contribution in [0.4, 0.5) is 10.1 Å². The standard InChI is InChI=1S/C17H14BrFN4OS/c1-10-2-4-11(5-3-10)16-22-15(24-23-16)9-20-17(25)21-14-7-6-12(18)8-13(14)19/h2-8H,9H2,1H3,(H2,20,21,25). The number of hydrogen-bond donors (Lipinski definition) is 2. The molecule has 128 valence electrons. The molecule has 2 aromatic carbocycles. The van der Waals surface area contributed by atoms with Crippen molar-refractivity contribution in [1.82, 2.24) is 15.5 Å². The van der Waals surface area contributed by atoms with E-state index in [4.69, 9.17) is 16.7 Å². The summed E-state index contributed by atoms with van der Waals surface area (Å²) in [6.45, 7) is 2.25. The van der Waals surface area contributed by atoms with Gasteiger partial charge in [0.2, 0.25) is 11.7 Å². The topological polar surface area (TPSA) is 63.0 Å². The number of benzene rings is 2. The lowest BCUT2D eigenvalue weighted by molar-refractivity contribution is 0.376. The zero-order chi connectivity index (χ0) is 17.8. The lowest BCUT2D eigenvalue weighted by Crippen LogP contribution is -2.28. The molecular formula is C17H14BrFN4OS. The first-order valence-corrected chi connectivity index (χ1v) is 8.61. The Morgan fingerprint density at radius 1 is 1.24 bits per heavy atom. The van der Waals surface area contributed by atoms with Gasteiger partial charge in [-0.05, 0) is 37.3 Å². The minimum Gasteiger partial charge on any atom is -0.353 e. The second kappa shape index (κ2) is 7.71. The molecule has 0 fully saturated rings. The number of aryl methyl sites for hydroxylation is 1. The number of hydrogen-bond acceptors (Lipinski definition) is 4. The minimum absolute atomic E-state index is 0.239. The van der Waals surface area contributed by atoms with Crippen LogP contribution in [0, 0.1) is 12.7 Å². The summed E-state index contributed by atoms with van der Waals surface area (Å²) in [5.41, 5.74) is 2.32. The van der Waals surface area contributed by atoms with E-state index < -0.39 is 5.82 Å². The molecule has 0 amide bonds. The summed E-state index contributed by atoms with van der Waals surface area (Å²) in [7, 11) is 0. The molecule has 1 aromatic heterocycles. The van der Waals surface area contributed by atoms with Crippen LogP contribution in [0.2, 0.25) is 0 Å². The molecule has 2 N–H and O–H groups in total. The molecule has 5 nitrogen and oxygen atoms in total. The average Bonchev–Trinajstić information content (AvgIpc) is 3.05. The number of halogens is 2. The second-order valence-electron chi connectivity index (χ2n) is 5.31. The molecule has 0 saturated heterocycles. The van der Waals surface area contributed by atoms with E-state index in [-0.39, 0.29) is 17.3 Å². The van der Waals surface area contributed by atoms with E-state index >= 15 is 0 Å². The van der Waals surface area contributed by atoms with Crippen molar-refractivity contribution in [2.24, 2.45) is 0 Å². The Balaban J connectivity index is 1.58. The molecule has 1 heterocycles. The van der Waals surface area contributed by atoms with Crippen LogP contribution in [-0.2, 0) is 6.54 Å². The normalized spacial score (nSPS) is 10.5. The number of nitrogens with zero attached hydrogens (tertiary/aromatic N) is 2. The van der Waals surface area contributed by atoms with Gasteiger partial charge in [0.25, 0.3) is 0 Å². The van der Waals surface area contributed by atoms with Crippen LogP contribution >= 0.6 is 28.1 Å². The third-order valence-electron chi connectivity index (χ3n) is 3.36. The van der Waals surface area contributed by atoms with Crippen molar-refractivity contribution in [3.05, 3.63) is 64.2 Å². The second-order valence-corrected chi connectivity index (χ2v) is 6.63. The fourth-order valence-corrected chi connectivity index (χ4v) is 2.58. The lowest BCUT2D eigenvalue weighted by atomic mass is 10.1. The Morgan fingerprint density at radius 3 is 2.72 bits per heavy atom. The third kappa shape index (κ3) is 4.61. The van der Waals surface area contributed by atoms with Gasteiger partial charge in [-0.15, -0.1) is 0 Å². The van der Waals surface area contributed by atoms with Gasteiger partial charge in [0.15, 0.2) is 5.11 Å². The highest BCUT2D eigenvalue weighted by Crippen LogP contribution is 2.19. The number of rotatable bonds is 4. The summed E-state index contributed by atoms with van der Waals surface area (Å²) in [5, 5.41) is 9.90. The molecular weight excluding hydrogens is 407 g/mol. The van der Waals surface area contributed by atoms with Crippen molar-refractivity contribution >= 4 is 38.9 Å². The maximum atomic E-state index is 13.8. The summed E-state index contributed by atoms with van der Waals surface area (Å²) in [6.07, 6.45) is 0. The molecule has 8 heteroatoms. The molecule has 3 rings (SSSR count). The first-order valence-electron chi connectivity index (χ1n) is 7.41. The Morgan fingerprint density at radius 2 is 2.00 bits per heavy atom. The lowest BCUT2D eigenvalue weighted by Gasteiger charge is -2.09. The van der Waals surface area contributed by atoms with E-state index in [0.717, 1.165) is 11.1 Å². The van der Waals surface area contributed by atoms with Crippen molar-refractivity contribution in [3.63, 3.8) is 0 Å².